The molecule has 3 aromatic carbocycles. The van der Waals surface area contributed by atoms with E-state index in [1.165, 1.54) is 18.9 Å². The van der Waals surface area contributed by atoms with E-state index in [2.05, 4.69) is 5.10 Å². The molecule has 30 heavy (non-hydrogen) atoms. The van der Waals surface area contributed by atoms with Crippen LogP contribution in [-0.4, -0.2) is 27.3 Å². The lowest BCUT2D eigenvalue weighted by Crippen LogP contribution is -2.25. The zero-order chi connectivity index (χ0) is 20.8. The maximum Gasteiger partial charge on any atom is 0.243 e. The SMILES string of the molecule is CC(=O)N1N=C(c2cccc3ccccc23)O[C@H]1c1cn(C(C)=O)c2ccccc12. The van der Waals surface area contributed by atoms with Gasteiger partial charge in [-0.2, -0.15) is 5.01 Å². The number of nitrogens with zero attached hydrogens (tertiary/aromatic N) is 3. The van der Waals surface area contributed by atoms with Gasteiger partial charge in [0.25, 0.3) is 0 Å². The minimum atomic E-state index is -0.748. The van der Waals surface area contributed by atoms with E-state index in [1.54, 1.807) is 10.8 Å². The Morgan fingerprint density at radius 2 is 1.57 bits per heavy atom. The molecular weight excluding hydrogens is 378 g/mol. The number of benzene rings is 3. The molecule has 0 aliphatic carbocycles. The molecule has 5 rings (SSSR count). The number of para-hydroxylation sites is 1. The highest BCUT2D eigenvalue weighted by Gasteiger charge is 2.35. The van der Waals surface area contributed by atoms with Gasteiger partial charge in [0.1, 0.15) is 0 Å². The summed E-state index contributed by atoms with van der Waals surface area (Å²) in [6, 6.07) is 21.4. The van der Waals surface area contributed by atoms with E-state index in [1.807, 2.05) is 66.7 Å². The second-order valence-corrected chi connectivity index (χ2v) is 7.26. The molecule has 0 bridgehead atoms. The predicted molar refractivity (Wildman–Crippen MR) is 115 cm³/mol. The van der Waals surface area contributed by atoms with Crippen molar-refractivity contribution in [1.82, 2.24) is 9.58 Å². The summed E-state index contributed by atoms with van der Waals surface area (Å²) in [6.07, 6.45) is 0.983. The zero-order valence-corrected chi connectivity index (χ0v) is 16.6. The van der Waals surface area contributed by atoms with Crippen molar-refractivity contribution in [3.05, 3.63) is 84.1 Å². The molecule has 4 aromatic rings. The Kier molecular flexibility index (Phi) is 4.13. The average molecular weight is 397 g/mol. The second kappa shape index (κ2) is 6.84. The Labute approximate surface area is 173 Å². The summed E-state index contributed by atoms with van der Waals surface area (Å²) in [5.74, 6) is 0.0292. The fourth-order valence-corrected chi connectivity index (χ4v) is 3.95. The van der Waals surface area contributed by atoms with Gasteiger partial charge in [-0.25, -0.2) is 0 Å². The molecule has 1 aromatic heterocycles. The van der Waals surface area contributed by atoms with Gasteiger partial charge >= 0.3 is 0 Å². The van der Waals surface area contributed by atoms with E-state index in [0.717, 1.165) is 32.8 Å². The lowest BCUT2D eigenvalue weighted by Gasteiger charge is -2.18. The Morgan fingerprint density at radius 1 is 0.867 bits per heavy atom. The summed E-state index contributed by atoms with van der Waals surface area (Å²) in [5, 5.41) is 8.75. The van der Waals surface area contributed by atoms with Crippen LogP contribution in [0.3, 0.4) is 0 Å². The van der Waals surface area contributed by atoms with Crippen molar-refractivity contribution in [1.29, 1.82) is 0 Å². The van der Waals surface area contributed by atoms with Crippen LogP contribution in [0.4, 0.5) is 0 Å². The minimum Gasteiger partial charge on any atom is -0.446 e. The van der Waals surface area contributed by atoms with E-state index < -0.39 is 6.23 Å². The normalized spacial score (nSPS) is 16.0. The first-order valence-corrected chi connectivity index (χ1v) is 9.68. The highest BCUT2D eigenvalue weighted by Crippen LogP contribution is 2.36. The maximum atomic E-state index is 12.4. The van der Waals surface area contributed by atoms with E-state index in [9.17, 15) is 9.59 Å². The number of hydrogen-bond donors (Lipinski definition) is 0. The van der Waals surface area contributed by atoms with Crippen LogP contribution in [0.1, 0.15) is 36.0 Å². The van der Waals surface area contributed by atoms with E-state index in [4.69, 9.17) is 4.74 Å². The van der Waals surface area contributed by atoms with Gasteiger partial charge in [0.05, 0.1) is 5.52 Å². The van der Waals surface area contributed by atoms with Crippen LogP contribution >= 0.6 is 0 Å². The molecule has 0 N–H and O–H groups in total. The van der Waals surface area contributed by atoms with Crippen molar-refractivity contribution in [3.8, 4) is 0 Å². The van der Waals surface area contributed by atoms with Crippen LogP contribution in [0.15, 0.2) is 78.0 Å². The van der Waals surface area contributed by atoms with Crippen LogP contribution < -0.4 is 0 Å². The molecule has 1 aliphatic heterocycles. The predicted octanol–water partition coefficient (Wildman–Crippen LogP) is 4.69. The van der Waals surface area contributed by atoms with Crippen LogP contribution in [0.2, 0.25) is 0 Å². The number of ether oxygens (including phenoxy) is 1. The highest BCUT2D eigenvalue weighted by atomic mass is 16.5. The molecule has 1 atom stereocenters. The number of carbonyl (C=O) groups excluding carboxylic acids is 2. The molecule has 1 amide bonds. The summed E-state index contributed by atoms with van der Waals surface area (Å²) < 4.78 is 7.82. The molecule has 148 valence electrons. The summed E-state index contributed by atoms with van der Waals surface area (Å²) >= 11 is 0. The Morgan fingerprint density at radius 3 is 2.33 bits per heavy atom. The van der Waals surface area contributed by atoms with Crippen LogP contribution in [-0.2, 0) is 9.53 Å². The van der Waals surface area contributed by atoms with Crippen molar-refractivity contribution in [2.24, 2.45) is 5.10 Å². The van der Waals surface area contributed by atoms with Gasteiger partial charge in [-0.05, 0) is 22.9 Å². The monoisotopic (exact) mass is 397 g/mol. The summed E-state index contributed by atoms with van der Waals surface area (Å²) in [4.78, 5) is 24.6. The topological polar surface area (TPSA) is 63.9 Å². The van der Waals surface area contributed by atoms with Crippen molar-refractivity contribution in [2.45, 2.75) is 20.1 Å². The van der Waals surface area contributed by atoms with E-state index in [-0.39, 0.29) is 11.8 Å². The second-order valence-electron chi connectivity index (χ2n) is 7.26. The number of fused-ring (bicyclic) bond motifs is 2. The smallest absolute Gasteiger partial charge is 0.243 e. The van der Waals surface area contributed by atoms with Gasteiger partial charge < -0.3 is 4.74 Å². The van der Waals surface area contributed by atoms with Gasteiger partial charge in [-0.15, -0.1) is 5.10 Å². The standard InChI is InChI=1S/C24H19N3O3/c1-15(28)26-14-21(19-11-5-6-13-22(19)26)24-27(16(2)29)25-23(30-24)20-12-7-9-17-8-3-4-10-18(17)20/h3-14,24H,1-2H3/t24-/m0/s1. The van der Waals surface area contributed by atoms with Gasteiger partial charge in [-0.1, -0.05) is 54.6 Å². The minimum absolute atomic E-state index is 0.111. The highest BCUT2D eigenvalue weighted by molar-refractivity contribution is 6.08. The molecule has 0 fully saturated rings. The third-order valence-electron chi connectivity index (χ3n) is 5.33. The lowest BCUT2D eigenvalue weighted by atomic mass is 10.0. The quantitative estimate of drug-likeness (QED) is 0.493. The number of rotatable bonds is 2. The first-order chi connectivity index (χ1) is 14.5. The molecule has 6 heteroatoms. The molecule has 6 nitrogen and oxygen atoms in total. The Balaban J connectivity index is 1.64. The van der Waals surface area contributed by atoms with Crippen LogP contribution in [0.25, 0.3) is 21.7 Å². The fourth-order valence-electron chi connectivity index (χ4n) is 3.95. The molecule has 0 radical (unpaired) electrons. The average Bonchev–Trinajstić information content (AvgIpc) is 3.35. The molecule has 0 unspecified atom stereocenters. The van der Waals surface area contributed by atoms with Gasteiger partial charge in [0, 0.05) is 36.6 Å². The van der Waals surface area contributed by atoms with Gasteiger partial charge in [0.15, 0.2) is 0 Å². The summed E-state index contributed by atoms with van der Waals surface area (Å²) in [6.45, 7) is 2.96. The largest absolute Gasteiger partial charge is 0.446 e. The molecule has 0 spiro atoms. The van der Waals surface area contributed by atoms with Crippen molar-refractivity contribution < 1.29 is 14.3 Å². The number of hydrazone groups is 1. The van der Waals surface area contributed by atoms with E-state index >= 15 is 0 Å². The summed E-state index contributed by atoms with van der Waals surface area (Å²) in [5.41, 5.74) is 2.30. The lowest BCUT2D eigenvalue weighted by molar-refractivity contribution is -0.135. The van der Waals surface area contributed by atoms with Crippen molar-refractivity contribution in [3.63, 3.8) is 0 Å². The fraction of sp³-hybridized carbons (Fsp3) is 0.125. The number of hydrogen-bond acceptors (Lipinski definition) is 4. The maximum absolute atomic E-state index is 12.4. The molecule has 0 saturated carbocycles. The third-order valence-corrected chi connectivity index (χ3v) is 5.33. The Bertz CT molecular complexity index is 1350. The van der Waals surface area contributed by atoms with Gasteiger partial charge in [-0.3, -0.25) is 14.2 Å². The number of aromatic nitrogens is 1. The first kappa shape index (κ1) is 18.1. The Hall–Kier alpha value is -3.93. The third kappa shape index (κ3) is 2.76. The molecule has 1 aliphatic rings. The van der Waals surface area contributed by atoms with Crippen molar-refractivity contribution >= 4 is 39.4 Å². The molecular formula is C24H19N3O3. The van der Waals surface area contributed by atoms with Crippen LogP contribution in [0.5, 0.6) is 0 Å². The zero-order valence-electron chi connectivity index (χ0n) is 16.6. The molecule has 0 saturated heterocycles. The number of carbonyl (C=O) groups is 2. The first-order valence-electron chi connectivity index (χ1n) is 9.68. The van der Waals surface area contributed by atoms with Gasteiger partial charge in [0.2, 0.25) is 23.9 Å². The van der Waals surface area contributed by atoms with Crippen LogP contribution in [0, 0.1) is 0 Å². The number of amides is 1. The molecule has 2 heterocycles. The van der Waals surface area contributed by atoms with Crippen molar-refractivity contribution in [2.75, 3.05) is 0 Å². The van der Waals surface area contributed by atoms with E-state index in [0.29, 0.717) is 5.90 Å². The summed E-state index contributed by atoms with van der Waals surface area (Å²) in [7, 11) is 0.